The Labute approximate surface area is 163 Å². The quantitative estimate of drug-likeness (QED) is 0.278. The molecule has 0 aromatic heterocycles. The molecule has 1 nitrogen and oxygen atoms in total. The minimum absolute atomic E-state index is 0.124. The van der Waals surface area contributed by atoms with Gasteiger partial charge in [0.2, 0.25) is 5.82 Å². The Bertz CT molecular complexity index is 591. The third kappa shape index (κ3) is 6.73. The van der Waals surface area contributed by atoms with Crippen molar-refractivity contribution < 1.29 is 17.9 Å². The zero-order valence-corrected chi connectivity index (χ0v) is 18.0. The fourth-order valence-corrected chi connectivity index (χ4v) is 3.43. The van der Waals surface area contributed by atoms with E-state index >= 15 is 0 Å². The molecule has 1 aromatic rings. The molecule has 0 aliphatic heterocycles. The molecule has 0 saturated carbocycles. The molecule has 0 spiro atoms. The van der Waals surface area contributed by atoms with Crippen LogP contribution < -0.4 is 4.74 Å². The lowest BCUT2D eigenvalue weighted by Gasteiger charge is -2.26. The fourth-order valence-electron chi connectivity index (χ4n) is 3.43. The molecule has 0 bridgehead atoms. The average Bonchev–Trinajstić information content (AvgIpc) is 2.61. The molecule has 0 N–H and O–H groups in total. The zero-order chi connectivity index (χ0) is 20.6. The van der Waals surface area contributed by atoms with Gasteiger partial charge >= 0.3 is 0 Å². The van der Waals surface area contributed by atoms with Crippen LogP contribution in [0.25, 0.3) is 0 Å². The molecule has 0 amide bonds. The number of ether oxygens (including phenoxy) is 1. The number of rotatable bonds is 11. The summed E-state index contributed by atoms with van der Waals surface area (Å²) in [5.41, 5.74) is -0.843. The maximum atomic E-state index is 14.7. The van der Waals surface area contributed by atoms with Gasteiger partial charge in [0, 0.05) is 11.1 Å². The molecule has 0 radical (unpaired) electrons. The Kier molecular flexibility index (Phi) is 9.69. The Hall–Kier alpha value is -1.19. The van der Waals surface area contributed by atoms with Gasteiger partial charge in [-0.05, 0) is 31.1 Å². The Balaban J connectivity index is 3.03. The number of hydrogen-bond donors (Lipinski definition) is 0. The van der Waals surface area contributed by atoms with Crippen molar-refractivity contribution in [2.24, 2.45) is 5.92 Å². The molecule has 1 rings (SSSR count). The molecular weight excluding hydrogens is 349 g/mol. The molecule has 0 aliphatic rings. The summed E-state index contributed by atoms with van der Waals surface area (Å²) < 4.78 is 49.3. The van der Waals surface area contributed by atoms with E-state index < -0.39 is 22.9 Å². The number of hydrogen-bond acceptors (Lipinski definition) is 1. The summed E-state index contributed by atoms with van der Waals surface area (Å²) in [6.45, 7) is 11.2. The van der Waals surface area contributed by atoms with Crippen LogP contribution >= 0.6 is 0 Å². The van der Waals surface area contributed by atoms with Crippen LogP contribution in [0.5, 0.6) is 5.75 Å². The lowest BCUT2D eigenvalue weighted by atomic mass is 9.84. The van der Waals surface area contributed by atoms with Crippen molar-refractivity contribution >= 4 is 0 Å². The van der Waals surface area contributed by atoms with Crippen LogP contribution in [0.4, 0.5) is 13.2 Å². The second-order valence-corrected chi connectivity index (χ2v) is 8.69. The van der Waals surface area contributed by atoms with Gasteiger partial charge < -0.3 is 4.74 Å². The van der Waals surface area contributed by atoms with Crippen LogP contribution in [-0.4, -0.2) is 6.61 Å². The summed E-state index contributed by atoms with van der Waals surface area (Å²) in [5, 5.41) is 0. The Morgan fingerprint density at radius 2 is 1.41 bits per heavy atom. The molecule has 27 heavy (non-hydrogen) atoms. The second kappa shape index (κ2) is 11.0. The van der Waals surface area contributed by atoms with Crippen molar-refractivity contribution in [1.82, 2.24) is 0 Å². The average molecular weight is 387 g/mol. The van der Waals surface area contributed by atoms with E-state index in [0.717, 1.165) is 32.1 Å². The lowest BCUT2D eigenvalue weighted by Crippen LogP contribution is -2.21. The first-order chi connectivity index (χ1) is 12.6. The molecule has 156 valence electrons. The molecule has 0 saturated heterocycles. The minimum atomic E-state index is -1.15. The van der Waals surface area contributed by atoms with Gasteiger partial charge in [-0.1, -0.05) is 73.1 Å². The molecule has 4 heteroatoms. The SMILES string of the molecule is CCCCCCC(CCCC)COc1c(F)c(F)c(C)c(F)c1C(C)(C)C. The normalized spacial score (nSPS) is 13.1. The molecule has 1 unspecified atom stereocenters. The molecule has 0 fully saturated rings. The van der Waals surface area contributed by atoms with Gasteiger partial charge in [-0.3, -0.25) is 0 Å². The van der Waals surface area contributed by atoms with E-state index in [1.807, 2.05) is 0 Å². The number of unbranched alkanes of at least 4 members (excludes halogenated alkanes) is 4. The van der Waals surface area contributed by atoms with Crippen LogP contribution in [0, 0.1) is 30.3 Å². The van der Waals surface area contributed by atoms with Gasteiger partial charge in [0.1, 0.15) is 5.82 Å². The molecule has 0 aliphatic carbocycles. The topological polar surface area (TPSA) is 9.23 Å². The minimum Gasteiger partial charge on any atom is -0.490 e. The molecular formula is C23H37F3O. The standard InChI is InChI=1S/C23H37F3O/c1-7-9-11-12-14-17(13-10-8-2)15-27-22-18(23(4,5)6)19(24)16(3)20(25)21(22)26/h17H,7-15H2,1-6H3. The van der Waals surface area contributed by atoms with Crippen LogP contribution in [0.3, 0.4) is 0 Å². The van der Waals surface area contributed by atoms with Crippen molar-refractivity contribution in [2.75, 3.05) is 6.61 Å². The Morgan fingerprint density at radius 3 is 1.96 bits per heavy atom. The summed E-state index contributed by atoms with van der Waals surface area (Å²) >= 11 is 0. The van der Waals surface area contributed by atoms with E-state index in [2.05, 4.69) is 13.8 Å². The van der Waals surface area contributed by atoms with E-state index in [9.17, 15) is 13.2 Å². The third-order valence-corrected chi connectivity index (χ3v) is 5.14. The van der Waals surface area contributed by atoms with Crippen molar-refractivity contribution in [3.05, 3.63) is 28.6 Å². The highest BCUT2D eigenvalue weighted by molar-refractivity contribution is 5.45. The van der Waals surface area contributed by atoms with Gasteiger partial charge in [0.05, 0.1) is 6.61 Å². The molecule has 1 aromatic carbocycles. The molecule has 0 heterocycles. The lowest BCUT2D eigenvalue weighted by molar-refractivity contribution is 0.208. The summed E-state index contributed by atoms with van der Waals surface area (Å²) in [5.74, 6) is -2.90. The maximum absolute atomic E-state index is 14.7. The predicted octanol–water partition coefficient (Wildman–Crippen LogP) is 7.87. The monoisotopic (exact) mass is 386 g/mol. The summed E-state index contributed by atoms with van der Waals surface area (Å²) in [6.07, 6.45) is 8.82. The van der Waals surface area contributed by atoms with Crippen LogP contribution in [0.2, 0.25) is 0 Å². The highest BCUT2D eigenvalue weighted by atomic mass is 19.2. The van der Waals surface area contributed by atoms with Gasteiger partial charge in [-0.25, -0.2) is 8.78 Å². The smallest absolute Gasteiger partial charge is 0.201 e. The van der Waals surface area contributed by atoms with Crippen molar-refractivity contribution in [1.29, 1.82) is 0 Å². The summed E-state index contributed by atoms with van der Waals surface area (Å²) in [4.78, 5) is 0. The van der Waals surface area contributed by atoms with Crippen LogP contribution in [-0.2, 0) is 5.41 Å². The second-order valence-electron chi connectivity index (χ2n) is 8.69. The van der Waals surface area contributed by atoms with Crippen molar-refractivity contribution in [3.63, 3.8) is 0 Å². The van der Waals surface area contributed by atoms with Crippen molar-refractivity contribution in [2.45, 2.75) is 98.3 Å². The number of benzene rings is 1. The van der Waals surface area contributed by atoms with E-state index in [1.54, 1.807) is 20.8 Å². The van der Waals surface area contributed by atoms with E-state index in [4.69, 9.17) is 4.74 Å². The largest absolute Gasteiger partial charge is 0.490 e. The fraction of sp³-hybridized carbons (Fsp3) is 0.739. The Morgan fingerprint density at radius 1 is 0.815 bits per heavy atom. The highest BCUT2D eigenvalue weighted by Crippen LogP contribution is 2.39. The van der Waals surface area contributed by atoms with Crippen LogP contribution in [0.15, 0.2) is 0 Å². The highest BCUT2D eigenvalue weighted by Gasteiger charge is 2.31. The summed E-state index contributed by atoms with van der Waals surface area (Å²) in [6, 6.07) is 0. The van der Waals surface area contributed by atoms with Gasteiger partial charge in [-0.2, -0.15) is 4.39 Å². The maximum Gasteiger partial charge on any atom is 0.201 e. The first kappa shape index (κ1) is 23.8. The van der Waals surface area contributed by atoms with E-state index in [1.165, 1.54) is 26.2 Å². The van der Waals surface area contributed by atoms with Crippen molar-refractivity contribution in [3.8, 4) is 5.75 Å². The first-order valence-electron chi connectivity index (χ1n) is 10.4. The first-order valence-corrected chi connectivity index (χ1v) is 10.4. The summed E-state index contributed by atoms with van der Waals surface area (Å²) in [7, 11) is 0. The van der Waals surface area contributed by atoms with Crippen LogP contribution in [0.1, 0.15) is 97.1 Å². The molecule has 1 atom stereocenters. The predicted molar refractivity (Wildman–Crippen MR) is 107 cm³/mol. The van der Waals surface area contributed by atoms with Gasteiger partial charge in [-0.15, -0.1) is 0 Å². The number of halogens is 3. The zero-order valence-electron chi connectivity index (χ0n) is 18.0. The van der Waals surface area contributed by atoms with E-state index in [-0.39, 0.29) is 22.8 Å². The van der Waals surface area contributed by atoms with Gasteiger partial charge in [0.25, 0.3) is 0 Å². The third-order valence-electron chi connectivity index (χ3n) is 5.14. The van der Waals surface area contributed by atoms with E-state index in [0.29, 0.717) is 6.61 Å². The van der Waals surface area contributed by atoms with Gasteiger partial charge in [0.15, 0.2) is 11.6 Å².